The van der Waals surface area contributed by atoms with E-state index >= 15 is 0 Å². The lowest BCUT2D eigenvalue weighted by molar-refractivity contribution is -0.121. The Morgan fingerprint density at radius 1 is 0.902 bits per heavy atom. The number of aryl methyl sites for hydroxylation is 1. The number of ether oxygens (including phenoxy) is 2. The number of ketones is 1. The summed E-state index contributed by atoms with van der Waals surface area (Å²) in [6.07, 6.45) is 3.69. The average molecular weight is 568 g/mol. The summed E-state index contributed by atoms with van der Waals surface area (Å²) >= 11 is 0. The predicted octanol–water partition coefficient (Wildman–Crippen LogP) is 5.39. The Morgan fingerprint density at radius 3 is 2.44 bits per heavy atom. The Morgan fingerprint density at radius 2 is 1.71 bits per heavy atom. The second-order valence-electron chi connectivity index (χ2n) is 10.3. The minimum Gasteiger partial charge on any atom is -0.508 e. The third kappa shape index (κ3) is 9.88. The first-order valence-electron chi connectivity index (χ1n) is 14.0. The smallest absolute Gasteiger partial charge is 0.200 e. The normalized spacial score (nSPS) is 12.6. The Kier molecular flexibility index (Phi) is 12.1. The number of hydrogen-bond donors (Lipinski definition) is 6. The molecule has 0 amide bonds. The number of aromatic hydroxyl groups is 4. The second-order valence-corrected chi connectivity index (χ2v) is 10.3. The number of rotatable bonds is 17. The molecule has 0 saturated carbocycles. The van der Waals surface area contributed by atoms with Crippen LogP contribution in [0, 0.1) is 0 Å². The Balaban J connectivity index is 1.66. The van der Waals surface area contributed by atoms with Crippen LogP contribution in [0.5, 0.6) is 34.5 Å². The second kappa shape index (κ2) is 15.7. The van der Waals surface area contributed by atoms with Crippen LogP contribution < -0.4 is 15.2 Å². The van der Waals surface area contributed by atoms with Gasteiger partial charge in [-0.3, -0.25) is 10.5 Å². The van der Waals surface area contributed by atoms with Crippen LogP contribution in [0.2, 0.25) is 0 Å². The molecule has 0 aliphatic heterocycles. The van der Waals surface area contributed by atoms with E-state index in [1.165, 1.54) is 12.1 Å². The molecule has 0 aliphatic rings. The van der Waals surface area contributed by atoms with Gasteiger partial charge in [0, 0.05) is 12.8 Å². The van der Waals surface area contributed by atoms with E-state index < -0.39 is 6.10 Å². The summed E-state index contributed by atoms with van der Waals surface area (Å²) in [5, 5.41) is 51.3. The van der Waals surface area contributed by atoms with E-state index in [-0.39, 0.29) is 72.4 Å². The maximum atomic E-state index is 12.7. The van der Waals surface area contributed by atoms with Gasteiger partial charge >= 0.3 is 0 Å². The van der Waals surface area contributed by atoms with Crippen molar-refractivity contribution >= 4 is 5.78 Å². The molecule has 0 bridgehead atoms. The van der Waals surface area contributed by atoms with Crippen LogP contribution in [-0.4, -0.2) is 44.2 Å². The number of phenols is 4. The largest absolute Gasteiger partial charge is 0.508 e. The van der Waals surface area contributed by atoms with Crippen LogP contribution in [0.1, 0.15) is 74.5 Å². The molecule has 2 atom stereocenters. The summed E-state index contributed by atoms with van der Waals surface area (Å²) in [5.74, 6) is -0.549. The number of benzene rings is 3. The minimum absolute atomic E-state index is 0.0144. The van der Waals surface area contributed by atoms with Gasteiger partial charge in [0.15, 0.2) is 23.0 Å². The van der Waals surface area contributed by atoms with Gasteiger partial charge in [0.05, 0.1) is 6.10 Å². The summed E-state index contributed by atoms with van der Waals surface area (Å²) in [5.41, 5.74) is 7.59. The zero-order chi connectivity index (χ0) is 29.8. The number of Topliss-reactive ketones (excluding diaryl/α,β-unsaturated/α-hetero) is 1. The van der Waals surface area contributed by atoms with E-state index in [0.29, 0.717) is 24.0 Å². The molecule has 3 aromatic rings. The predicted molar refractivity (Wildman–Crippen MR) is 155 cm³/mol. The quantitative estimate of drug-likeness (QED) is 0.0713. The number of phenolic OH excluding ortho intramolecular Hbond substituents is 4. The molecule has 0 saturated heterocycles. The van der Waals surface area contributed by atoms with Crippen molar-refractivity contribution in [2.75, 3.05) is 6.73 Å². The van der Waals surface area contributed by atoms with Crippen LogP contribution >= 0.6 is 0 Å². The minimum atomic E-state index is -0.891. The summed E-state index contributed by atoms with van der Waals surface area (Å²) in [6.45, 7) is 2.09. The van der Waals surface area contributed by atoms with E-state index in [1.54, 1.807) is 42.5 Å². The topological polar surface area (TPSA) is 163 Å². The molecule has 9 heteroatoms. The van der Waals surface area contributed by atoms with Gasteiger partial charge in [-0.2, -0.15) is 0 Å². The van der Waals surface area contributed by atoms with Gasteiger partial charge in [-0.25, -0.2) is 0 Å². The fourth-order valence-electron chi connectivity index (χ4n) is 4.81. The fourth-order valence-corrected chi connectivity index (χ4v) is 4.81. The van der Waals surface area contributed by atoms with Crippen molar-refractivity contribution in [3.05, 3.63) is 71.3 Å². The summed E-state index contributed by atoms with van der Waals surface area (Å²) in [6, 6.07) is 14.6. The molecule has 0 aliphatic carbocycles. The molecule has 7 N–H and O–H groups in total. The zero-order valence-corrected chi connectivity index (χ0v) is 23.5. The summed E-state index contributed by atoms with van der Waals surface area (Å²) in [4.78, 5) is 12.7. The Hall–Kier alpha value is -3.95. The number of aliphatic hydroxyl groups is 1. The van der Waals surface area contributed by atoms with Gasteiger partial charge in [0.1, 0.15) is 24.9 Å². The van der Waals surface area contributed by atoms with Gasteiger partial charge in [-0.1, -0.05) is 44.4 Å². The van der Waals surface area contributed by atoms with Crippen molar-refractivity contribution in [1.82, 2.24) is 0 Å². The molecule has 3 aromatic carbocycles. The molecule has 0 aromatic heterocycles. The van der Waals surface area contributed by atoms with E-state index in [0.717, 1.165) is 31.2 Å². The van der Waals surface area contributed by atoms with Crippen LogP contribution in [0.25, 0.3) is 0 Å². The monoisotopic (exact) mass is 567 g/mol. The molecular formula is C32H41NO8. The first-order chi connectivity index (χ1) is 19.7. The molecule has 9 nitrogen and oxygen atoms in total. The van der Waals surface area contributed by atoms with Gasteiger partial charge in [0.25, 0.3) is 0 Å². The van der Waals surface area contributed by atoms with Crippen LogP contribution in [-0.2, 0) is 17.8 Å². The number of aliphatic hydroxyl groups excluding tert-OH is 1. The standard InChI is InChI=1S/C32H41NO8/c1-2-3-4-7-23(15-27(36)18-26(35)11-9-21-10-12-28(37)30(14-21)41-20-33)24-16-29(38)32(39)31(17-24)40-19-22-6-5-8-25(34)13-22/h5-6,8,10,12-14,16-17,23,27,34,36-39H,2-4,7,9,11,15,18-20,33H2,1H3. The average Bonchev–Trinajstić information content (AvgIpc) is 2.94. The zero-order valence-electron chi connectivity index (χ0n) is 23.5. The number of carbonyl (C=O) groups excluding carboxylic acids is 1. The molecular weight excluding hydrogens is 526 g/mol. The van der Waals surface area contributed by atoms with Crippen molar-refractivity contribution in [2.45, 2.75) is 76.9 Å². The van der Waals surface area contributed by atoms with Crippen LogP contribution in [0.15, 0.2) is 54.6 Å². The lowest BCUT2D eigenvalue weighted by Crippen LogP contribution is -2.18. The number of carbonyl (C=O) groups is 1. The first kappa shape index (κ1) is 31.6. The summed E-state index contributed by atoms with van der Waals surface area (Å²) < 4.78 is 11.0. The van der Waals surface area contributed by atoms with E-state index in [1.807, 2.05) is 0 Å². The van der Waals surface area contributed by atoms with E-state index in [4.69, 9.17) is 15.2 Å². The van der Waals surface area contributed by atoms with Gasteiger partial charge in [-0.15, -0.1) is 0 Å². The number of unbranched alkanes of at least 4 members (excludes halogenated alkanes) is 2. The highest BCUT2D eigenvalue weighted by Gasteiger charge is 2.22. The lowest BCUT2D eigenvalue weighted by atomic mass is 9.86. The van der Waals surface area contributed by atoms with Crippen molar-refractivity contribution in [2.24, 2.45) is 5.73 Å². The Labute approximate surface area is 240 Å². The van der Waals surface area contributed by atoms with Gasteiger partial charge in [0.2, 0.25) is 5.75 Å². The first-order valence-corrected chi connectivity index (χ1v) is 14.0. The van der Waals surface area contributed by atoms with Crippen molar-refractivity contribution in [3.63, 3.8) is 0 Å². The molecule has 0 spiro atoms. The highest BCUT2D eigenvalue weighted by molar-refractivity contribution is 5.79. The molecule has 222 valence electrons. The molecule has 41 heavy (non-hydrogen) atoms. The molecule has 2 unspecified atom stereocenters. The highest BCUT2D eigenvalue weighted by Crippen LogP contribution is 2.41. The van der Waals surface area contributed by atoms with Crippen molar-refractivity contribution < 1.29 is 39.8 Å². The summed E-state index contributed by atoms with van der Waals surface area (Å²) in [7, 11) is 0. The van der Waals surface area contributed by atoms with Gasteiger partial charge < -0.3 is 35.0 Å². The number of nitrogens with two attached hydrogens (primary N) is 1. The maximum absolute atomic E-state index is 12.7. The molecule has 3 rings (SSSR count). The Bertz CT molecular complexity index is 1280. The van der Waals surface area contributed by atoms with Crippen molar-refractivity contribution in [1.29, 1.82) is 0 Å². The molecule has 0 radical (unpaired) electrons. The van der Waals surface area contributed by atoms with E-state index in [9.17, 15) is 30.3 Å². The molecule has 0 heterocycles. The van der Waals surface area contributed by atoms with Crippen LogP contribution in [0.3, 0.4) is 0 Å². The van der Waals surface area contributed by atoms with E-state index in [2.05, 4.69) is 6.92 Å². The number of hydrogen-bond acceptors (Lipinski definition) is 9. The third-order valence-corrected chi connectivity index (χ3v) is 6.99. The maximum Gasteiger partial charge on any atom is 0.200 e. The van der Waals surface area contributed by atoms with Crippen molar-refractivity contribution in [3.8, 4) is 34.5 Å². The van der Waals surface area contributed by atoms with Crippen LogP contribution in [0.4, 0.5) is 0 Å². The lowest BCUT2D eigenvalue weighted by Gasteiger charge is -2.22. The SMILES string of the molecule is CCCCCC(CC(O)CC(=O)CCc1ccc(O)c(OCN)c1)c1cc(O)c(O)c(OCc2cccc(O)c2)c1. The molecule has 0 fully saturated rings. The third-order valence-electron chi connectivity index (χ3n) is 6.99. The fraction of sp³-hybridized carbons (Fsp3) is 0.406. The highest BCUT2D eigenvalue weighted by atomic mass is 16.5. The van der Waals surface area contributed by atoms with Gasteiger partial charge in [-0.05, 0) is 78.3 Å².